The molecule has 3 heterocycles. The summed E-state index contributed by atoms with van der Waals surface area (Å²) in [5.74, 6) is 2.07. The van der Waals surface area contributed by atoms with Gasteiger partial charge in [-0.1, -0.05) is 80.9 Å². The zero-order valence-corrected chi connectivity index (χ0v) is 36.1. The zero-order valence-electron chi connectivity index (χ0n) is 33.9. The van der Waals surface area contributed by atoms with Crippen LogP contribution in [0.1, 0.15) is 48.6 Å². The van der Waals surface area contributed by atoms with Crippen LogP contribution in [0.15, 0.2) is 140 Å². The summed E-state index contributed by atoms with van der Waals surface area (Å²) in [6.45, 7) is 17.6. The number of benzene rings is 6. The number of pyridine rings is 1. The van der Waals surface area contributed by atoms with Crippen molar-refractivity contribution in [3.05, 3.63) is 187 Å². The van der Waals surface area contributed by atoms with Crippen molar-refractivity contribution in [2.24, 2.45) is 0 Å². The van der Waals surface area contributed by atoms with Crippen LogP contribution in [0.5, 0.6) is 11.5 Å². The normalized spacial score (nSPS) is 12.7. The Morgan fingerprint density at radius 3 is 1.90 bits per heavy atom. The van der Waals surface area contributed by atoms with Crippen molar-refractivity contribution in [2.45, 2.75) is 53.9 Å². The standard InChI is InChI=1S/C52H45N4O.Pt/c1-34-13-10-14-35(2)50(34)38-27-39(51-36(3)15-11-16-37(51)4)29-42(28-38)55-26-25-54(33-55)41-17-12-18-43(31-41)57-44-21-22-46-45-19-8-9-20-47(45)56(48(46)32-44)49-30-40(23-24-53-49)52(5,6)7;/h8-30,33H,1-7H3;/q-3;. The molecular formula is C52H45N4OPt-3. The largest absolute Gasteiger partial charge is 0.509 e. The van der Waals surface area contributed by atoms with Crippen LogP contribution in [0.4, 0.5) is 11.4 Å². The molecule has 0 saturated carbocycles. The number of anilines is 2. The number of para-hydroxylation sites is 1. The Hall–Kier alpha value is -5.90. The number of aromatic nitrogens is 2. The van der Waals surface area contributed by atoms with Gasteiger partial charge in [-0.25, -0.2) is 4.98 Å². The van der Waals surface area contributed by atoms with Gasteiger partial charge >= 0.3 is 0 Å². The summed E-state index contributed by atoms with van der Waals surface area (Å²) in [6.07, 6.45) is 6.06. The van der Waals surface area contributed by atoms with E-state index in [9.17, 15) is 0 Å². The molecule has 8 aromatic rings. The number of nitrogens with zero attached hydrogens (tertiary/aromatic N) is 4. The molecule has 6 aromatic carbocycles. The molecule has 1 aliphatic rings. The average molecular weight is 937 g/mol. The van der Waals surface area contributed by atoms with Crippen molar-refractivity contribution in [3.8, 4) is 39.6 Å². The van der Waals surface area contributed by atoms with Crippen molar-refractivity contribution < 1.29 is 25.8 Å². The van der Waals surface area contributed by atoms with Crippen molar-refractivity contribution in [2.75, 3.05) is 9.80 Å². The van der Waals surface area contributed by atoms with Crippen LogP contribution >= 0.6 is 0 Å². The third-order valence-corrected chi connectivity index (χ3v) is 11.0. The molecule has 292 valence electrons. The number of rotatable bonds is 7. The minimum atomic E-state index is -0.0118. The monoisotopic (exact) mass is 936 g/mol. The number of fused-ring (bicyclic) bond motifs is 3. The van der Waals surface area contributed by atoms with Crippen molar-refractivity contribution in [1.82, 2.24) is 9.55 Å². The number of aryl methyl sites for hydroxylation is 4. The first kappa shape index (κ1) is 38.9. The SMILES string of the molecule is Cc1cccc(C)c1-c1cc(-c2c(C)cccc2C)cc(N2C=CN(c3[c-]c(Oc4[c-]c5c(cc4)c4ccccc4n5-c4cc(C(C)(C)C)ccn4)ccc3)[CH-]2)c1.[Pt]. The van der Waals surface area contributed by atoms with Gasteiger partial charge in [-0.05, 0) is 137 Å². The van der Waals surface area contributed by atoms with Gasteiger partial charge in [0.25, 0.3) is 0 Å². The fraction of sp³-hybridized carbons (Fsp3) is 0.154. The van der Waals surface area contributed by atoms with Gasteiger partial charge in [0.1, 0.15) is 5.82 Å². The quantitative estimate of drug-likeness (QED) is 0.149. The second-order valence-corrected chi connectivity index (χ2v) is 16.1. The molecular weight excluding hydrogens is 892 g/mol. The Morgan fingerprint density at radius 1 is 0.603 bits per heavy atom. The first-order valence-electron chi connectivity index (χ1n) is 19.5. The van der Waals surface area contributed by atoms with E-state index in [1.54, 1.807) is 0 Å². The molecule has 0 saturated heterocycles. The van der Waals surface area contributed by atoms with Crippen LogP contribution in [0, 0.1) is 46.5 Å². The molecule has 0 fully saturated rings. The van der Waals surface area contributed by atoms with E-state index in [0.29, 0.717) is 11.5 Å². The molecule has 2 aromatic heterocycles. The Bertz CT molecular complexity index is 2750. The second-order valence-electron chi connectivity index (χ2n) is 16.1. The van der Waals surface area contributed by atoms with E-state index in [4.69, 9.17) is 9.72 Å². The fourth-order valence-electron chi connectivity index (χ4n) is 8.18. The maximum Gasteiger partial charge on any atom is 0.135 e. The summed E-state index contributed by atoms with van der Waals surface area (Å²) in [7, 11) is 0. The molecule has 0 amide bonds. The fourth-order valence-corrected chi connectivity index (χ4v) is 8.18. The molecule has 0 bridgehead atoms. The number of hydrogen-bond acceptors (Lipinski definition) is 4. The molecule has 0 aliphatic carbocycles. The van der Waals surface area contributed by atoms with Gasteiger partial charge in [0.2, 0.25) is 0 Å². The molecule has 0 unspecified atom stereocenters. The Morgan fingerprint density at radius 2 is 1.22 bits per heavy atom. The predicted molar refractivity (Wildman–Crippen MR) is 236 cm³/mol. The first-order valence-corrected chi connectivity index (χ1v) is 19.5. The van der Waals surface area contributed by atoms with E-state index in [2.05, 4.69) is 191 Å². The van der Waals surface area contributed by atoms with Crippen LogP contribution in [-0.2, 0) is 26.5 Å². The van der Waals surface area contributed by atoms with Gasteiger partial charge in [-0.2, -0.15) is 12.1 Å². The molecule has 5 nitrogen and oxygen atoms in total. The van der Waals surface area contributed by atoms with Gasteiger partial charge in [0.05, 0.1) is 0 Å². The molecule has 0 spiro atoms. The van der Waals surface area contributed by atoms with Crippen LogP contribution in [0.25, 0.3) is 49.9 Å². The minimum absolute atomic E-state index is 0. The third-order valence-electron chi connectivity index (χ3n) is 11.0. The summed E-state index contributed by atoms with van der Waals surface area (Å²) >= 11 is 0. The van der Waals surface area contributed by atoms with Gasteiger partial charge in [0, 0.05) is 50.0 Å². The van der Waals surface area contributed by atoms with Crippen molar-refractivity contribution in [1.29, 1.82) is 0 Å². The van der Waals surface area contributed by atoms with E-state index in [1.807, 2.05) is 30.5 Å². The summed E-state index contributed by atoms with van der Waals surface area (Å²) in [4.78, 5) is 9.08. The zero-order chi connectivity index (χ0) is 39.4. The Kier molecular flexibility index (Phi) is 10.4. The molecule has 58 heavy (non-hydrogen) atoms. The Balaban J connectivity index is 0.00000469. The van der Waals surface area contributed by atoms with E-state index in [0.717, 1.165) is 39.0 Å². The molecule has 1 aliphatic heterocycles. The van der Waals surface area contributed by atoms with E-state index in [1.165, 1.54) is 50.1 Å². The Labute approximate surface area is 356 Å². The smallest absolute Gasteiger partial charge is 0.135 e. The van der Waals surface area contributed by atoms with E-state index in [-0.39, 0.29) is 26.5 Å². The van der Waals surface area contributed by atoms with Crippen LogP contribution in [-0.4, -0.2) is 9.55 Å². The van der Waals surface area contributed by atoms with Crippen LogP contribution in [0.2, 0.25) is 0 Å². The second kappa shape index (κ2) is 15.5. The van der Waals surface area contributed by atoms with Gasteiger partial charge in [-0.15, -0.1) is 48.1 Å². The first-order chi connectivity index (χ1) is 27.5. The molecule has 0 N–H and O–H groups in total. The van der Waals surface area contributed by atoms with Gasteiger partial charge in [0.15, 0.2) is 0 Å². The maximum atomic E-state index is 6.51. The summed E-state index contributed by atoms with van der Waals surface area (Å²) < 4.78 is 8.70. The maximum absolute atomic E-state index is 6.51. The number of ether oxygens (including phenoxy) is 1. The third kappa shape index (κ3) is 7.25. The summed E-state index contributed by atoms with van der Waals surface area (Å²) in [5.41, 5.74) is 15.2. The van der Waals surface area contributed by atoms with Crippen molar-refractivity contribution in [3.63, 3.8) is 0 Å². The van der Waals surface area contributed by atoms with E-state index >= 15 is 0 Å². The van der Waals surface area contributed by atoms with Gasteiger partial charge < -0.3 is 19.1 Å². The van der Waals surface area contributed by atoms with Crippen molar-refractivity contribution >= 4 is 33.2 Å². The molecule has 0 atom stereocenters. The molecule has 6 heteroatoms. The van der Waals surface area contributed by atoms with E-state index < -0.39 is 0 Å². The predicted octanol–water partition coefficient (Wildman–Crippen LogP) is 13.4. The van der Waals surface area contributed by atoms with Gasteiger partial charge in [-0.3, -0.25) is 0 Å². The summed E-state index contributed by atoms with van der Waals surface area (Å²) in [5, 5.41) is 2.24. The average Bonchev–Trinajstić information content (AvgIpc) is 3.81. The van der Waals surface area contributed by atoms with Crippen LogP contribution in [0.3, 0.4) is 0 Å². The molecule has 0 radical (unpaired) electrons. The number of hydrogen-bond donors (Lipinski definition) is 0. The topological polar surface area (TPSA) is 33.5 Å². The molecule has 9 rings (SSSR count). The minimum Gasteiger partial charge on any atom is -0.509 e. The van der Waals surface area contributed by atoms with Crippen LogP contribution < -0.4 is 14.5 Å². The summed E-state index contributed by atoms with van der Waals surface area (Å²) in [6, 6.07) is 49.9.